The van der Waals surface area contributed by atoms with Gasteiger partial charge in [-0.25, -0.2) is 8.42 Å². The number of primary amides is 1. The zero-order chi connectivity index (χ0) is 17.2. The lowest BCUT2D eigenvalue weighted by Crippen LogP contribution is -2.19. The predicted molar refractivity (Wildman–Crippen MR) is 85.0 cm³/mol. The first kappa shape index (κ1) is 16.8. The number of carbonyl (C=O) groups excluding carboxylic acids is 1. The van der Waals surface area contributed by atoms with E-state index in [1.165, 1.54) is 31.4 Å². The maximum absolute atomic E-state index is 12.5. The van der Waals surface area contributed by atoms with Gasteiger partial charge >= 0.3 is 0 Å². The highest BCUT2D eigenvalue weighted by atomic mass is 32.2. The molecule has 1 aromatic heterocycles. The van der Waals surface area contributed by atoms with Crippen LogP contribution in [-0.4, -0.2) is 31.6 Å². The van der Waals surface area contributed by atoms with Crippen LogP contribution < -0.4 is 15.2 Å². The van der Waals surface area contributed by atoms with Crippen LogP contribution in [0, 0.1) is 0 Å². The van der Waals surface area contributed by atoms with Gasteiger partial charge in [0.05, 0.1) is 17.7 Å². The lowest BCUT2D eigenvalue weighted by atomic mass is 10.1. The Morgan fingerprint density at radius 2 is 1.91 bits per heavy atom. The molecule has 23 heavy (non-hydrogen) atoms. The summed E-state index contributed by atoms with van der Waals surface area (Å²) in [6, 6.07) is 5.87. The van der Waals surface area contributed by atoms with E-state index in [1.807, 2.05) is 13.8 Å². The number of methoxy groups -OCH3 is 1. The quantitative estimate of drug-likeness (QED) is 0.734. The third-order valence-electron chi connectivity index (χ3n) is 3.21. The highest BCUT2D eigenvalue weighted by Gasteiger charge is 2.24. The second kappa shape index (κ2) is 6.29. The van der Waals surface area contributed by atoms with Gasteiger partial charge in [0.2, 0.25) is 0 Å². The summed E-state index contributed by atoms with van der Waals surface area (Å²) < 4.78 is 32.4. The molecule has 0 aliphatic carbocycles. The summed E-state index contributed by atoms with van der Waals surface area (Å²) >= 11 is 0. The van der Waals surface area contributed by atoms with Crippen LogP contribution in [0.3, 0.4) is 0 Å². The van der Waals surface area contributed by atoms with Crippen molar-refractivity contribution in [2.45, 2.75) is 24.7 Å². The number of rotatable bonds is 6. The van der Waals surface area contributed by atoms with Gasteiger partial charge in [-0.2, -0.15) is 5.10 Å². The maximum atomic E-state index is 12.5. The lowest BCUT2D eigenvalue weighted by Gasteiger charge is -2.11. The van der Waals surface area contributed by atoms with Crippen molar-refractivity contribution in [1.82, 2.24) is 10.2 Å². The number of benzene rings is 1. The van der Waals surface area contributed by atoms with E-state index in [9.17, 15) is 13.2 Å². The Bertz CT molecular complexity index is 810. The van der Waals surface area contributed by atoms with Crippen molar-refractivity contribution < 1.29 is 17.9 Å². The summed E-state index contributed by atoms with van der Waals surface area (Å²) in [4.78, 5) is 11.5. The normalized spacial score (nSPS) is 11.5. The fourth-order valence-electron chi connectivity index (χ4n) is 2.00. The molecular weight excluding hydrogens is 320 g/mol. The Labute approximate surface area is 134 Å². The zero-order valence-electron chi connectivity index (χ0n) is 13.0. The molecule has 124 valence electrons. The van der Waals surface area contributed by atoms with Crippen LogP contribution in [0.15, 0.2) is 29.2 Å². The summed E-state index contributed by atoms with van der Waals surface area (Å²) in [5.74, 6) is -0.363. The summed E-state index contributed by atoms with van der Waals surface area (Å²) in [5.41, 5.74) is 5.66. The fourth-order valence-corrected chi connectivity index (χ4v) is 3.09. The van der Waals surface area contributed by atoms with Crippen LogP contribution in [0.1, 0.15) is 35.9 Å². The molecule has 0 saturated heterocycles. The van der Waals surface area contributed by atoms with Gasteiger partial charge in [0, 0.05) is 0 Å². The largest absolute Gasteiger partial charge is 0.497 e. The molecule has 9 heteroatoms. The molecule has 0 atom stereocenters. The highest BCUT2D eigenvalue weighted by molar-refractivity contribution is 7.92. The predicted octanol–water partition coefficient (Wildman–Crippen LogP) is 1.44. The van der Waals surface area contributed by atoms with Crippen LogP contribution >= 0.6 is 0 Å². The smallest absolute Gasteiger partial charge is 0.271 e. The van der Waals surface area contributed by atoms with Crippen molar-refractivity contribution in [2.24, 2.45) is 5.73 Å². The number of nitrogens with zero attached hydrogens (tertiary/aromatic N) is 1. The monoisotopic (exact) mass is 338 g/mol. The first-order valence-electron chi connectivity index (χ1n) is 6.81. The number of ether oxygens (including phenoxy) is 1. The number of hydrogen-bond donors (Lipinski definition) is 3. The SMILES string of the molecule is COc1ccc(S(=O)(=O)Nc2c(C(N)=O)n[nH]c2C(C)C)cc1. The van der Waals surface area contributed by atoms with Gasteiger partial charge < -0.3 is 10.5 Å². The van der Waals surface area contributed by atoms with Crippen LogP contribution in [0.4, 0.5) is 5.69 Å². The minimum atomic E-state index is -3.89. The van der Waals surface area contributed by atoms with Gasteiger partial charge in [0.25, 0.3) is 15.9 Å². The van der Waals surface area contributed by atoms with E-state index >= 15 is 0 Å². The number of nitrogens with two attached hydrogens (primary N) is 1. The molecule has 8 nitrogen and oxygen atoms in total. The van der Waals surface area contributed by atoms with E-state index in [0.29, 0.717) is 11.4 Å². The minimum absolute atomic E-state index is 0.0321. The second-order valence-corrected chi connectivity index (χ2v) is 6.84. The summed E-state index contributed by atoms with van der Waals surface area (Å²) in [6.07, 6.45) is 0. The van der Waals surface area contributed by atoms with Crippen molar-refractivity contribution >= 4 is 21.6 Å². The molecule has 0 radical (unpaired) electrons. The molecule has 1 amide bonds. The van der Waals surface area contributed by atoms with Crippen LogP contribution in [0.2, 0.25) is 0 Å². The molecule has 2 aromatic rings. The Morgan fingerprint density at radius 1 is 1.30 bits per heavy atom. The van der Waals surface area contributed by atoms with Crippen LogP contribution in [-0.2, 0) is 10.0 Å². The third-order valence-corrected chi connectivity index (χ3v) is 4.58. The minimum Gasteiger partial charge on any atom is -0.497 e. The van der Waals surface area contributed by atoms with Crippen molar-refractivity contribution in [3.05, 3.63) is 35.7 Å². The number of aromatic amines is 1. The van der Waals surface area contributed by atoms with Crippen molar-refractivity contribution in [3.8, 4) is 5.75 Å². The standard InChI is InChI=1S/C14H18N4O4S/c1-8(2)11-12(13(14(15)19)17-16-11)18-23(20,21)10-6-4-9(22-3)5-7-10/h4-8,18H,1-3H3,(H2,15,19)(H,16,17). The Kier molecular flexibility index (Phi) is 4.60. The zero-order valence-corrected chi connectivity index (χ0v) is 13.8. The van der Waals surface area contributed by atoms with Gasteiger partial charge in [-0.1, -0.05) is 13.8 Å². The number of aromatic nitrogens is 2. The van der Waals surface area contributed by atoms with Gasteiger partial charge in [-0.3, -0.25) is 14.6 Å². The fraction of sp³-hybridized carbons (Fsp3) is 0.286. The van der Waals surface area contributed by atoms with E-state index in [1.54, 1.807) is 0 Å². The molecule has 1 heterocycles. The average Bonchev–Trinajstić information content (AvgIpc) is 2.90. The second-order valence-electron chi connectivity index (χ2n) is 5.16. The number of anilines is 1. The van der Waals surface area contributed by atoms with E-state index in [2.05, 4.69) is 14.9 Å². The molecule has 0 aliphatic heterocycles. The van der Waals surface area contributed by atoms with Crippen molar-refractivity contribution in [3.63, 3.8) is 0 Å². The number of carbonyl (C=O) groups is 1. The van der Waals surface area contributed by atoms with E-state index in [0.717, 1.165) is 0 Å². The molecule has 0 fully saturated rings. The van der Waals surface area contributed by atoms with Gasteiger partial charge in [-0.15, -0.1) is 0 Å². The van der Waals surface area contributed by atoms with Gasteiger partial charge in [0.15, 0.2) is 5.69 Å². The number of sulfonamides is 1. The van der Waals surface area contributed by atoms with E-state index < -0.39 is 15.9 Å². The molecular formula is C14H18N4O4S. The third kappa shape index (κ3) is 3.45. The lowest BCUT2D eigenvalue weighted by molar-refractivity contribution is 0.0996. The summed E-state index contributed by atoms with van der Waals surface area (Å²) in [6.45, 7) is 3.67. The van der Waals surface area contributed by atoms with Crippen molar-refractivity contribution in [1.29, 1.82) is 0 Å². The molecule has 0 unspecified atom stereocenters. The molecule has 1 aromatic carbocycles. The van der Waals surface area contributed by atoms with Gasteiger partial charge in [-0.05, 0) is 30.2 Å². The van der Waals surface area contributed by atoms with Crippen LogP contribution in [0.5, 0.6) is 5.75 Å². The highest BCUT2D eigenvalue weighted by Crippen LogP contribution is 2.28. The Hall–Kier alpha value is -2.55. The Morgan fingerprint density at radius 3 is 2.39 bits per heavy atom. The summed E-state index contributed by atoms with van der Waals surface area (Å²) in [5, 5.41) is 6.45. The number of amides is 1. The molecule has 2 rings (SSSR count). The number of nitrogens with one attached hydrogen (secondary N) is 2. The van der Waals surface area contributed by atoms with E-state index in [-0.39, 0.29) is 22.2 Å². The molecule has 0 spiro atoms. The maximum Gasteiger partial charge on any atom is 0.271 e. The Balaban J connectivity index is 2.43. The number of H-pyrrole nitrogens is 1. The molecule has 0 saturated carbocycles. The van der Waals surface area contributed by atoms with Crippen LogP contribution in [0.25, 0.3) is 0 Å². The van der Waals surface area contributed by atoms with Crippen molar-refractivity contribution in [2.75, 3.05) is 11.8 Å². The molecule has 0 aliphatic rings. The number of hydrogen-bond acceptors (Lipinski definition) is 5. The van der Waals surface area contributed by atoms with E-state index in [4.69, 9.17) is 10.5 Å². The summed E-state index contributed by atoms with van der Waals surface area (Å²) in [7, 11) is -2.41. The molecule has 4 N–H and O–H groups in total. The average molecular weight is 338 g/mol. The van der Waals surface area contributed by atoms with Gasteiger partial charge in [0.1, 0.15) is 11.4 Å². The topological polar surface area (TPSA) is 127 Å². The first-order valence-corrected chi connectivity index (χ1v) is 8.29. The molecule has 0 bridgehead atoms. The first-order chi connectivity index (χ1) is 10.8.